The first-order valence-corrected chi connectivity index (χ1v) is 9.49. The second-order valence-corrected chi connectivity index (χ2v) is 7.67. The molecular formula is C15H22ClNO3S. The third-order valence-corrected chi connectivity index (χ3v) is 4.67. The van der Waals surface area contributed by atoms with Gasteiger partial charge in [-0.05, 0) is 31.0 Å². The third kappa shape index (κ3) is 6.48. The van der Waals surface area contributed by atoms with E-state index in [0.717, 1.165) is 31.2 Å². The Morgan fingerprint density at radius 1 is 1.19 bits per heavy atom. The molecule has 1 amide bonds. The van der Waals surface area contributed by atoms with Crippen LogP contribution in [0.15, 0.2) is 29.2 Å². The monoisotopic (exact) mass is 331 g/mol. The molecule has 1 rings (SSSR count). The minimum atomic E-state index is -3.70. The summed E-state index contributed by atoms with van der Waals surface area (Å²) < 4.78 is 22.3. The quantitative estimate of drug-likeness (QED) is 0.582. The molecule has 1 aromatic carbocycles. The van der Waals surface area contributed by atoms with Crippen molar-refractivity contribution in [1.82, 2.24) is 5.32 Å². The van der Waals surface area contributed by atoms with Crippen LogP contribution in [-0.4, -0.2) is 14.3 Å². The molecule has 0 heterocycles. The minimum Gasteiger partial charge on any atom is -0.350 e. The second-order valence-electron chi connectivity index (χ2n) is 5.11. The Morgan fingerprint density at radius 3 is 2.33 bits per heavy atom. The Labute approximate surface area is 131 Å². The van der Waals surface area contributed by atoms with Gasteiger partial charge in [0.15, 0.2) is 0 Å². The van der Waals surface area contributed by atoms with Crippen molar-refractivity contribution in [2.75, 3.05) is 0 Å². The number of hydrogen-bond acceptors (Lipinski definition) is 3. The Balaban J connectivity index is 2.52. The lowest BCUT2D eigenvalue weighted by atomic mass is 10.1. The van der Waals surface area contributed by atoms with Gasteiger partial charge in [0.25, 0.3) is 9.05 Å². The zero-order valence-corrected chi connectivity index (χ0v) is 14.0. The molecular weight excluding hydrogens is 310 g/mol. The van der Waals surface area contributed by atoms with Crippen LogP contribution in [0.3, 0.4) is 0 Å². The van der Waals surface area contributed by atoms with Gasteiger partial charge in [0, 0.05) is 17.1 Å². The number of carbonyl (C=O) groups is 1. The van der Waals surface area contributed by atoms with E-state index < -0.39 is 9.05 Å². The van der Waals surface area contributed by atoms with Gasteiger partial charge in [-0.25, -0.2) is 8.42 Å². The Morgan fingerprint density at radius 2 is 1.81 bits per heavy atom. The lowest BCUT2D eigenvalue weighted by molar-refractivity contribution is -0.121. The zero-order chi connectivity index (χ0) is 15.9. The number of carbonyl (C=O) groups excluding carboxylic acids is 1. The number of hydrogen-bond donors (Lipinski definition) is 1. The Bertz CT molecular complexity index is 555. The SMILES string of the molecule is CCCCCCC(=O)NC(C)c1ccc(S(=O)(=O)Cl)cc1. The highest BCUT2D eigenvalue weighted by Crippen LogP contribution is 2.19. The number of benzene rings is 1. The zero-order valence-electron chi connectivity index (χ0n) is 12.4. The maximum absolute atomic E-state index is 11.8. The molecule has 0 radical (unpaired) electrons. The van der Waals surface area contributed by atoms with Gasteiger partial charge in [0.05, 0.1) is 10.9 Å². The van der Waals surface area contributed by atoms with Crippen LogP contribution in [0.5, 0.6) is 0 Å². The maximum atomic E-state index is 11.8. The number of amides is 1. The first-order chi connectivity index (χ1) is 9.84. The van der Waals surface area contributed by atoms with E-state index in [-0.39, 0.29) is 16.8 Å². The summed E-state index contributed by atoms with van der Waals surface area (Å²) in [5.41, 5.74) is 0.848. The maximum Gasteiger partial charge on any atom is 0.261 e. The van der Waals surface area contributed by atoms with Crippen LogP contribution >= 0.6 is 10.7 Å². The van der Waals surface area contributed by atoms with Crippen molar-refractivity contribution in [3.63, 3.8) is 0 Å². The normalized spacial score (nSPS) is 12.9. The molecule has 0 bridgehead atoms. The summed E-state index contributed by atoms with van der Waals surface area (Å²) in [6.07, 6.45) is 4.79. The van der Waals surface area contributed by atoms with E-state index in [9.17, 15) is 13.2 Å². The fourth-order valence-electron chi connectivity index (χ4n) is 2.03. The van der Waals surface area contributed by atoms with Crippen LogP contribution in [0.4, 0.5) is 0 Å². The lowest BCUT2D eigenvalue weighted by Crippen LogP contribution is -2.26. The topological polar surface area (TPSA) is 63.2 Å². The van der Waals surface area contributed by atoms with Gasteiger partial charge in [0.1, 0.15) is 0 Å². The van der Waals surface area contributed by atoms with Crippen LogP contribution in [0, 0.1) is 0 Å². The number of rotatable bonds is 8. The van der Waals surface area contributed by atoms with Crippen LogP contribution < -0.4 is 5.32 Å². The van der Waals surface area contributed by atoms with Gasteiger partial charge in [-0.2, -0.15) is 0 Å². The van der Waals surface area contributed by atoms with Gasteiger partial charge < -0.3 is 5.32 Å². The average Bonchev–Trinajstić information content (AvgIpc) is 2.43. The minimum absolute atomic E-state index is 0.0210. The first-order valence-electron chi connectivity index (χ1n) is 7.18. The fraction of sp³-hybridized carbons (Fsp3) is 0.533. The number of halogens is 1. The van der Waals surface area contributed by atoms with E-state index in [0.29, 0.717) is 6.42 Å². The van der Waals surface area contributed by atoms with Crippen LogP contribution in [0.25, 0.3) is 0 Å². The van der Waals surface area contributed by atoms with Crippen molar-refractivity contribution in [3.8, 4) is 0 Å². The lowest BCUT2D eigenvalue weighted by Gasteiger charge is -2.14. The molecule has 1 aromatic rings. The first kappa shape index (κ1) is 18.0. The molecule has 1 unspecified atom stereocenters. The van der Waals surface area contributed by atoms with E-state index in [4.69, 9.17) is 10.7 Å². The fourth-order valence-corrected chi connectivity index (χ4v) is 2.80. The highest BCUT2D eigenvalue weighted by molar-refractivity contribution is 8.13. The molecule has 4 nitrogen and oxygen atoms in total. The molecule has 0 saturated carbocycles. The molecule has 0 aromatic heterocycles. The molecule has 118 valence electrons. The van der Waals surface area contributed by atoms with E-state index in [1.165, 1.54) is 12.1 Å². The molecule has 6 heteroatoms. The molecule has 0 saturated heterocycles. The van der Waals surface area contributed by atoms with Crippen molar-refractivity contribution in [1.29, 1.82) is 0 Å². The molecule has 1 N–H and O–H groups in total. The third-order valence-electron chi connectivity index (χ3n) is 3.30. The standard InChI is InChI=1S/C15H22ClNO3S/c1-3-4-5-6-7-15(18)17-12(2)13-8-10-14(11-9-13)21(16,19)20/h8-12H,3-7H2,1-2H3,(H,17,18). The Kier molecular flexibility index (Phi) is 7.18. The van der Waals surface area contributed by atoms with Crippen LogP contribution in [0.2, 0.25) is 0 Å². The summed E-state index contributed by atoms with van der Waals surface area (Å²) in [6.45, 7) is 4.00. The van der Waals surface area contributed by atoms with E-state index >= 15 is 0 Å². The molecule has 21 heavy (non-hydrogen) atoms. The number of unbranched alkanes of at least 4 members (excludes halogenated alkanes) is 3. The highest BCUT2D eigenvalue weighted by atomic mass is 35.7. The van der Waals surface area contributed by atoms with Crippen LogP contribution in [-0.2, 0) is 13.8 Å². The molecule has 1 atom stereocenters. The average molecular weight is 332 g/mol. The largest absolute Gasteiger partial charge is 0.350 e. The van der Waals surface area contributed by atoms with Gasteiger partial charge in [-0.3, -0.25) is 4.79 Å². The van der Waals surface area contributed by atoms with Crippen LogP contribution in [0.1, 0.15) is 57.6 Å². The summed E-state index contributed by atoms with van der Waals surface area (Å²) in [5, 5.41) is 2.91. The smallest absolute Gasteiger partial charge is 0.261 e. The van der Waals surface area contributed by atoms with E-state index in [1.807, 2.05) is 6.92 Å². The Hall–Kier alpha value is -1.07. The van der Waals surface area contributed by atoms with Crippen molar-refractivity contribution < 1.29 is 13.2 Å². The summed E-state index contributed by atoms with van der Waals surface area (Å²) in [4.78, 5) is 11.8. The molecule has 0 aliphatic rings. The molecule has 0 fully saturated rings. The van der Waals surface area contributed by atoms with Gasteiger partial charge in [0.2, 0.25) is 5.91 Å². The molecule has 0 spiro atoms. The molecule has 0 aliphatic heterocycles. The van der Waals surface area contributed by atoms with E-state index in [1.54, 1.807) is 12.1 Å². The van der Waals surface area contributed by atoms with E-state index in [2.05, 4.69) is 12.2 Å². The second kappa shape index (κ2) is 8.39. The summed E-state index contributed by atoms with van der Waals surface area (Å²) >= 11 is 0. The van der Waals surface area contributed by atoms with Crippen molar-refractivity contribution in [2.24, 2.45) is 0 Å². The summed E-state index contributed by atoms with van der Waals surface area (Å²) in [6, 6.07) is 6.06. The predicted octanol–water partition coefficient (Wildman–Crippen LogP) is 3.76. The van der Waals surface area contributed by atoms with Crippen molar-refractivity contribution in [3.05, 3.63) is 29.8 Å². The van der Waals surface area contributed by atoms with Gasteiger partial charge in [-0.15, -0.1) is 0 Å². The summed E-state index contributed by atoms with van der Waals surface area (Å²) in [5.74, 6) is 0.0210. The van der Waals surface area contributed by atoms with Gasteiger partial charge >= 0.3 is 0 Å². The summed E-state index contributed by atoms with van der Waals surface area (Å²) in [7, 11) is 1.56. The van der Waals surface area contributed by atoms with Crippen molar-refractivity contribution >= 4 is 25.6 Å². The number of nitrogens with one attached hydrogen (secondary N) is 1. The van der Waals surface area contributed by atoms with Gasteiger partial charge in [-0.1, -0.05) is 38.3 Å². The van der Waals surface area contributed by atoms with Crippen molar-refractivity contribution in [2.45, 2.75) is 56.9 Å². The highest BCUT2D eigenvalue weighted by Gasteiger charge is 2.12. The molecule has 0 aliphatic carbocycles. The predicted molar refractivity (Wildman–Crippen MR) is 84.8 cm³/mol.